The topological polar surface area (TPSA) is 20.3 Å². The Morgan fingerprint density at radius 3 is 2.73 bits per heavy atom. The van der Waals surface area contributed by atoms with Gasteiger partial charge in [-0.3, -0.25) is 4.79 Å². The van der Waals surface area contributed by atoms with E-state index in [4.69, 9.17) is 0 Å². The van der Waals surface area contributed by atoms with Crippen LogP contribution in [-0.4, -0.2) is 17.4 Å². The largest absolute Gasteiger partial charge is 0.324 e. The van der Waals surface area contributed by atoms with Crippen molar-refractivity contribution in [2.75, 3.05) is 6.54 Å². The van der Waals surface area contributed by atoms with Crippen LogP contribution in [0.15, 0.2) is 49.6 Å². The molecule has 1 aromatic carbocycles. The molecule has 0 aromatic heterocycles. The molecule has 0 saturated carbocycles. The molecule has 15 heavy (non-hydrogen) atoms. The molecule has 0 bridgehead atoms. The van der Waals surface area contributed by atoms with Gasteiger partial charge in [-0.1, -0.05) is 30.4 Å². The van der Waals surface area contributed by atoms with Crippen molar-refractivity contribution in [3.05, 3.63) is 60.7 Å². The molecule has 1 heterocycles. The second-order valence-electron chi connectivity index (χ2n) is 3.51. The first-order valence-corrected chi connectivity index (χ1v) is 4.93. The van der Waals surface area contributed by atoms with Gasteiger partial charge in [0.1, 0.15) is 0 Å². The second-order valence-corrected chi connectivity index (χ2v) is 3.51. The zero-order valence-electron chi connectivity index (χ0n) is 8.52. The Balaban J connectivity index is 2.48. The van der Waals surface area contributed by atoms with Gasteiger partial charge < -0.3 is 4.90 Å². The van der Waals surface area contributed by atoms with E-state index in [-0.39, 0.29) is 11.9 Å². The van der Waals surface area contributed by atoms with Crippen LogP contribution in [-0.2, 0) is 0 Å². The molecule has 1 aliphatic heterocycles. The van der Waals surface area contributed by atoms with Crippen molar-refractivity contribution in [1.29, 1.82) is 0 Å². The Labute approximate surface area is 89.5 Å². The molecule has 76 valence electrons. The first-order chi connectivity index (χ1) is 7.29. The van der Waals surface area contributed by atoms with Crippen LogP contribution in [0, 0.1) is 0 Å². The molecule has 0 aliphatic carbocycles. The number of nitrogens with zero attached hydrogens (tertiary/aromatic N) is 1. The van der Waals surface area contributed by atoms with E-state index >= 15 is 0 Å². The highest BCUT2D eigenvalue weighted by atomic mass is 16.2. The Morgan fingerprint density at radius 1 is 1.33 bits per heavy atom. The lowest BCUT2D eigenvalue weighted by atomic mass is 10.1. The molecule has 2 nitrogen and oxygen atoms in total. The van der Waals surface area contributed by atoms with Crippen LogP contribution in [0.2, 0.25) is 0 Å². The summed E-state index contributed by atoms with van der Waals surface area (Å²) < 4.78 is 0. The van der Waals surface area contributed by atoms with Gasteiger partial charge in [0.2, 0.25) is 0 Å². The average Bonchev–Trinajstić information content (AvgIpc) is 2.54. The predicted molar refractivity (Wildman–Crippen MR) is 60.6 cm³/mol. The molecule has 1 unspecified atom stereocenters. The fourth-order valence-corrected chi connectivity index (χ4v) is 1.99. The molecule has 0 radical (unpaired) electrons. The zero-order valence-corrected chi connectivity index (χ0v) is 8.52. The number of benzene rings is 1. The van der Waals surface area contributed by atoms with E-state index in [0.717, 1.165) is 11.1 Å². The standard InChI is InChI=1S/C13H13NO/c1-3-9-14-12(4-2)10-7-5-6-8-11(10)13(14)15/h3-8,12H,1-2,9H2. The number of carbonyl (C=O) groups is 1. The minimum absolute atomic E-state index is 0.00769. The van der Waals surface area contributed by atoms with Gasteiger partial charge in [0.05, 0.1) is 6.04 Å². The van der Waals surface area contributed by atoms with Crippen LogP contribution < -0.4 is 0 Å². The molecule has 0 spiro atoms. The third-order valence-corrected chi connectivity index (χ3v) is 2.66. The van der Waals surface area contributed by atoms with Gasteiger partial charge in [0.25, 0.3) is 5.91 Å². The highest BCUT2D eigenvalue weighted by molar-refractivity contribution is 5.99. The maximum atomic E-state index is 12.0. The molecule has 1 amide bonds. The van der Waals surface area contributed by atoms with E-state index in [2.05, 4.69) is 13.2 Å². The predicted octanol–water partition coefficient (Wildman–Crippen LogP) is 2.56. The fraction of sp³-hybridized carbons (Fsp3) is 0.154. The summed E-state index contributed by atoms with van der Waals surface area (Å²) in [5.41, 5.74) is 1.82. The third kappa shape index (κ3) is 1.38. The van der Waals surface area contributed by atoms with E-state index in [1.54, 1.807) is 17.1 Å². The van der Waals surface area contributed by atoms with Crippen LogP contribution >= 0.6 is 0 Å². The van der Waals surface area contributed by atoms with Gasteiger partial charge in [0.15, 0.2) is 0 Å². The molecule has 0 fully saturated rings. The van der Waals surface area contributed by atoms with Crippen molar-refractivity contribution in [2.24, 2.45) is 0 Å². The summed E-state index contributed by atoms with van der Waals surface area (Å²) in [6.07, 6.45) is 3.54. The summed E-state index contributed by atoms with van der Waals surface area (Å²) >= 11 is 0. The van der Waals surface area contributed by atoms with Crippen molar-refractivity contribution in [1.82, 2.24) is 4.90 Å². The first-order valence-electron chi connectivity index (χ1n) is 4.93. The summed E-state index contributed by atoms with van der Waals surface area (Å²) in [6, 6.07) is 7.65. The van der Waals surface area contributed by atoms with Gasteiger partial charge in [-0.2, -0.15) is 0 Å². The van der Waals surface area contributed by atoms with Crippen molar-refractivity contribution in [3.63, 3.8) is 0 Å². The average molecular weight is 199 g/mol. The lowest BCUT2D eigenvalue weighted by Gasteiger charge is -2.20. The normalized spacial score (nSPS) is 18.8. The fourth-order valence-electron chi connectivity index (χ4n) is 1.99. The first kappa shape index (κ1) is 9.71. The van der Waals surface area contributed by atoms with Crippen LogP contribution in [0.25, 0.3) is 0 Å². The number of hydrogen-bond acceptors (Lipinski definition) is 1. The Bertz CT molecular complexity index is 422. The SMILES string of the molecule is C=CCN1C(=O)c2ccccc2C1C=C. The molecular formula is C13H13NO. The van der Waals surface area contributed by atoms with Gasteiger partial charge in [-0.05, 0) is 11.6 Å². The summed E-state index contributed by atoms with van der Waals surface area (Å²) in [5, 5.41) is 0. The van der Waals surface area contributed by atoms with Crippen molar-refractivity contribution in [3.8, 4) is 0 Å². The van der Waals surface area contributed by atoms with E-state index in [0.29, 0.717) is 6.54 Å². The summed E-state index contributed by atoms with van der Waals surface area (Å²) in [5.74, 6) is 0.0652. The minimum atomic E-state index is -0.00769. The number of hydrogen-bond donors (Lipinski definition) is 0. The van der Waals surface area contributed by atoms with Gasteiger partial charge in [-0.25, -0.2) is 0 Å². The van der Waals surface area contributed by atoms with E-state index in [1.807, 2.05) is 24.3 Å². The Kier molecular flexibility index (Phi) is 2.42. The van der Waals surface area contributed by atoms with Crippen LogP contribution in [0.5, 0.6) is 0 Å². The monoisotopic (exact) mass is 199 g/mol. The maximum Gasteiger partial charge on any atom is 0.255 e. The van der Waals surface area contributed by atoms with Crippen LogP contribution in [0.1, 0.15) is 22.0 Å². The zero-order chi connectivity index (χ0) is 10.8. The number of rotatable bonds is 3. The second kappa shape index (κ2) is 3.73. The van der Waals surface area contributed by atoms with Gasteiger partial charge in [-0.15, -0.1) is 13.2 Å². The molecular weight excluding hydrogens is 186 g/mol. The molecule has 0 N–H and O–H groups in total. The third-order valence-electron chi connectivity index (χ3n) is 2.66. The van der Waals surface area contributed by atoms with Crippen molar-refractivity contribution < 1.29 is 4.79 Å². The van der Waals surface area contributed by atoms with Crippen molar-refractivity contribution >= 4 is 5.91 Å². The lowest BCUT2D eigenvalue weighted by molar-refractivity contribution is 0.0774. The highest BCUT2D eigenvalue weighted by Crippen LogP contribution is 2.33. The summed E-state index contributed by atoms with van der Waals surface area (Å²) in [6.45, 7) is 8.00. The molecule has 2 rings (SSSR count). The number of fused-ring (bicyclic) bond motifs is 1. The van der Waals surface area contributed by atoms with Gasteiger partial charge >= 0.3 is 0 Å². The number of carbonyl (C=O) groups excluding carboxylic acids is 1. The number of amides is 1. The van der Waals surface area contributed by atoms with Crippen LogP contribution in [0.4, 0.5) is 0 Å². The van der Waals surface area contributed by atoms with E-state index in [9.17, 15) is 4.79 Å². The molecule has 0 saturated heterocycles. The molecule has 1 atom stereocenters. The molecule has 1 aliphatic rings. The Morgan fingerprint density at radius 2 is 2.07 bits per heavy atom. The maximum absolute atomic E-state index is 12.0. The molecule has 1 aromatic rings. The highest BCUT2D eigenvalue weighted by Gasteiger charge is 2.33. The molecule has 2 heteroatoms. The summed E-state index contributed by atoms with van der Waals surface area (Å²) in [7, 11) is 0. The summed E-state index contributed by atoms with van der Waals surface area (Å²) in [4.78, 5) is 13.8. The quantitative estimate of drug-likeness (QED) is 0.685. The smallest absolute Gasteiger partial charge is 0.255 e. The van der Waals surface area contributed by atoms with Crippen molar-refractivity contribution in [2.45, 2.75) is 6.04 Å². The van der Waals surface area contributed by atoms with E-state index < -0.39 is 0 Å². The van der Waals surface area contributed by atoms with Gasteiger partial charge in [0, 0.05) is 12.1 Å². The minimum Gasteiger partial charge on any atom is -0.324 e. The van der Waals surface area contributed by atoms with Crippen LogP contribution in [0.3, 0.4) is 0 Å². The Hall–Kier alpha value is -1.83. The lowest BCUT2D eigenvalue weighted by Crippen LogP contribution is -2.27. The van der Waals surface area contributed by atoms with E-state index in [1.165, 1.54) is 0 Å².